The van der Waals surface area contributed by atoms with Crippen LogP contribution >= 0.6 is 11.8 Å². The quantitative estimate of drug-likeness (QED) is 0.454. The third-order valence-corrected chi connectivity index (χ3v) is 6.98. The summed E-state index contributed by atoms with van der Waals surface area (Å²) in [6, 6.07) is 18.2. The first kappa shape index (κ1) is 21.4. The zero-order valence-electron chi connectivity index (χ0n) is 18.2. The van der Waals surface area contributed by atoms with E-state index in [4.69, 9.17) is 0 Å². The first-order valence-corrected chi connectivity index (χ1v) is 11.4. The lowest BCUT2D eigenvalue weighted by molar-refractivity contribution is -0.131. The number of aryl methyl sites for hydroxylation is 1. The number of amides is 1. The Morgan fingerprint density at radius 1 is 1.10 bits per heavy atom. The molecular weight excluding hydrogens is 406 g/mol. The molecule has 0 spiro atoms. The van der Waals surface area contributed by atoms with Gasteiger partial charge in [0.2, 0.25) is 5.91 Å². The lowest BCUT2D eigenvalue weighted by Gasteiger charge is -2.30. The second-order valence-corrected chi connectivity index (χ2v) is 9.33. The van der Waals surface area contributed by atoms with Crippen molar-refractivity contribution >= 4 is 17.7 Å². The van der Waals surface area contributed by atoms with Gasteiger partial charge >= 0.3 is 0 Å². The van der Waals surface area contributed by atoms with E-state index in [0.29, 0.717) is 23.7 Å². The molecule has 1 aliphatic rings. The summed E-state index contributed by atoms with van der Waals surface area (Å²) in [5, 5.41) is 0.264. The minimum Gasteiger partial charge on any atom is -0.337 e. The van der Waals surface area contributed by atoms with Crippen LogP contribution in [0.25, 0.3) is 0 Å². The Balaban J connectivity index is 1.50. The van der Waals surface area contributed by atoms with E-state index in [2.05, 4.69) is 17.1 Å². The lowest BCUT2D eigenvalue weighted by Crippen LogP contribution is -2.40. The molecule has 0 saturated heterocycles. The maximum atomic E-state index is 13.1. The molecule has 0 fully saturated rings. The lowest BCUT2D eigenvalue weighted by atomic mass is 10.00. The Morgan fingerprint density at radius 2 is 1.77 bits per heavy atom. The topological polar surface area (TPSA) is 55.2 Å². The van der Waals surface area contributed by atoms with E-state index in [-0.39, 0.29) is 16.7 Å². The Kier molecular flexibility index (Phi) is 6.28. The highest BCUT2D eigenvalue weighted by Crippen LogP contribution is 2.26. The predicted octanol–water partition coefficient (Wildman–Crippen LogP) is 3.75. The highest BCUT2D eigenvalue weighted by Gasteiger charge is 2.26. The van der Waals surface area contributed by atoms with E-state index < -0.39 is 0 Å². The summed E-state index contributed by atoms with van der Waals surface area (Å²) in [6.45, 7) is 5.13. The summed E-state index contributed by atoms with van der Waals surface area (Å²) in [6.07, 6.45) is 1.43. The molecule has 0 bridgehead atoms. The fraction of sp³-hybridized carbons (Fsp3) is 0.320. The molecule has 3 aromatic rings. The number of fused-ring (bicyclic) bond motifs is 1. The van der Waals surface area contributed by atoms with Crippen molar-refractivity contribution < 1.29 is 4.79 Å². The molecule has 31 heavy (non-hydrogen) atoms. The van der Waals surface area contributed by atoms with Crippen LogP contribution in [0.1, 0.15) is 34.9 Å². The van der Waals surface area contributed by atoms with Gasteiger partial charge in [-0.05, 0) is 37.0 Å². The van der Waals surface area contributed by atoms with Crippen LogP contribution in [-0.4, -0.2) is 32.2 Å². The van der Waals surface area contributed by atoms with Crippen LogP contribution in [0.15, 0.2) is 64.5 Å². The molecule has 1 aromatic heterocycles. The number of carbonyl (C=O) groups is 1. The summed E-state index contributed by atoms with van der Waals surface area (Å²) in [5.74, 6) is 0.0831. The number of aromatic nitrogens is 2. The van der Waals surface area contributed by atoms with Crippen LogP contribution in [0.3, 0.4) is 0 Å². The Morgan fingerprint density at radius 3 is 2.52 bits per heavy atom. The van der Waals surface area contributed by atoms with Gasteiger partial charge in [-0.2, -0.15) is 0 Å². The molecule has 4 rings (SSSR count). The van der Waals surface area contributed by atoms with Gasteiger partial charge in [0, 0.05) is 37.8 Å². The standard InChI is InChI=1S/C25H27N3O2S/c1-17-22(15-19-9-5-4-6-10-19)24(30)27(3)25(26-17)31-18(2)23(29)28-14-13-20-11-7-8-12-21(20)16-28/h4-12,18H,13-16H2,1-3H3. The van der Waals surface area contributed by atoms with E-state index in [1.54, 1.807) is 11.6 Å². The molecule has 0 saturated carbocycles. The average Bonchev–Trinajstić information content (AvgIpc) is 2.80. The average molecular weight is 434 g/mol. The number of hydrogen-bond donors (Lipinski definition) is 0. The fourth-order valence-corrected chi connectivity index (χ4v) is 4.99. The van der Waals surface area contributed by atoms with E-state index in [9.17, 15) is 9.59 Å². The van der Waals surface area contributed by atoms with Gasteiger partial charge < -0.3 is 4.90 Å². The molecule has 1 amide bonds. The van der Waals surface area contributed by atoms with Crippen LogP contribution in [0, 0.1) is 6.92 Å². The van der Waals surface area contributed by atoms with Crippen molar-refractivity contribution in [2.24, 2.45) is 7.05 Å². The molecule has 1 atom stereocenters. The highest BCUT2D eigenvalue weighted by atomic mass is 32.2. The van der Waals surface area contributed by atoms with Gasteiger partial charge in [-0.3, -0.25) is 14.2 Å². The summed E-state index contributed by atoms with van der Waals surface area (Å²) in [4.78, 5) is 32.7. The Bertz CT molecular complexity index is 1160. The minimum absolute atomic E-state index is 0.0506. The monoisotopic (exact) mass is 433 g/mol. The zero-order chi connectivity index (χ0) is 22.0. The number of thioether (sulfide) groups is 1. The van der Waals surface area contributed by atoms with Gasteiger partial charge in [-0.1, -0.05) is 66.4 Å². The Labute approximate surface area is 187 Å². The number of carbonyl (C=O) groups excluding carboxylic acids is 1. The van der Waals surface area contributed by atoms with Crippen LogP contribution in [-0.2, 0) is 31.2 Å². The van der Waals surface area contributed by atoms with Gasteiger partial charge in [0.25, 0.3) is 5.56 Å². The maximum Gasteiger partial charge on any atom is 0.257 e. The smallest absolute Gasteiger partial charge is 0.257 e. The van der Waals surface area contributed by atoms with Crippen molar-refractivity contribution in [2.45, 2.75) is 43.6 Å². The summed E-state index contributed by atoms with van der Waals surface area (Å²) >= 11 is 1.36. The first-order valence-electron chi connectivity index (χ1n) is 10.6. The van der Waals surface area contributed by atoms with Gasteiger partial charge in [-0.15, -0.1) is 0 Å². The molecule has 0 radical (unpaired) electrons. The summed E-state index contributed by atoms with van der Waals surface area (Å²) in [7, 11) is 1.74. The molecule has 0 N–H and O–H groups in total. The van der Waals surface area contributed by atoms with Gasteiger partial charge in [0.15, 0.2) is 5.16 Å². The van der Waals surface area contributed by atoms with Crippen molar-refractivity contribution in [3.8, 4) is 0 Å². The van der Waals surface area contributed by atoms with Crippen molar-refractivity contribution in [2.75, 3.05) is 6.54 Å². The number of rotatable bonds is 5. The predicted molar refractivity (Wildman–Crippen MR) is 124 cm³/mol. The van der Waals surface area contributed by atoms with E-state index in [1.807, 2.05) is 61.2 Å². The van der Waals surface area contributed by atoms with Gasteiger partial charge in [-0.25, -0.2) is 4.98 Å². The number of hydrogen-bond acceptors (Lipinski definition) is 4. The van der Waals surface area contributed by atoms with E-state index in [1.165, 1.54) is 22.9 Å². The molecule has 6 heteroatoms. The van der Waals surface area contributed by atoms with Crippen LogP contribution in [0.5, 0.6) is 0 Å². The third kappa shape index (κ3) is 4.59. The van der Waals surface area contributed by atoms with Crippen molar-refractivity contribution in [3.05, 3.63) is 92.9 Å². The number of benzene rings is 2. The Hall–Kier alpha value is -2.86. The SMILES string of the molecule is Cc1nc(SC(C)C(=O)N2CCc3ccccc3C2)n(C)c(=O)c1Cc1ccccc1. The largest absolute Gasteiger partial charge is 0.337 e. The van der Waals surface area contributed by atoms with Crippen molar-refractivity contribution in [1.29, 1.82) is 0 Å². The second-order valence-electron chi connectivity index (χ2n) is 8.02. The van der Waals surface area contributed by atoms with E-state index >= 15 is 0 Å². The fourth-order valence-electron chi connectivity index (χ4n) is 3.99. The first-order chi connectivity index (χ1) is 14.9. The molecule has 2 aromatic carbocycles. The second kappa shape index (κ2) is 9.10. The molecule has 1 unspecified atom stereocenters. The highest BCUT2D eigenvalue weighted by molar-refractivity contribution is 8.00. The normalized spacial score (nSPS) is 14.2. The van der Waals surface area contributed by atoms with Crippen molar-refractivity contribution in [3.63, 3.8) is 0 Å². The minimum atomic E-state index is -0.317. The molecular formula is C25H27N3O2S. The van der Waals surface area contributed by atoms with Crippen molar-refractivity contribution in [1.82, 2.24) is 14.5 Å². The molecule has 2 heterocycles. The molecule has 1 aliphatic heterocycles. The maximum absolute atomic E-state index is 13.1. The number of nitrogens with zero attached hydrogens (tertiary/aromatic N) is 3. The van der Waals surface area contributed by atoms with Crippen LogP contribution in [0.2, 0.25) is 0 Å². The molecule has 160 valence electrons. The van der Waals surface area contributed by atoms with Gasteiger partial charge in [0.1, 0.15) is 0 Å². The van der Waals surface area contributed by atoms with Gasteiger partial charge in [0.05, 0.1) is 5.25 Å². The molecule has 5 nitrogen and oxygen atoms in total. The van der Waals surface area contributed by atoms with Crippen LogP contribution < -0.4 is 5.56 Å². The third-order valence-electron chi connectivity index (χ3n) is 5.85. The zero-order valence-corrected chi connectivity index (χ0v) is 19.0. The summed E-state index contributed by atoms with van der Waals surface area (Å²) < 4.78 is 1.57. The summed E-state index contributed by atoms with van der Waals surface area (Å²) in [5.41, 5.74) is 4.99. The molecule has 0 aliphatic carbocycles. The van der Waals surface area contributed by atoms with E-state index in [0.717, 1.165) is 24.2 Å². The van der Waals surface area contributed by atoms with Crippen LogP contribution in [0.4, 0.5) is 0 Å².